The fourth-order valence-electron chi connectivity index (χ4n) is 3.68. The van der Waals surface area contributed by atoms with Crippen molar-refractivity contribution in [2.75, 3.05) is 20.6 Å². The van der Waals surface area contributed by atoms with Crippen molar-refractivity contribution in [2.45, 2.75) is 29.3 Å². The third-order valence-electron chi connectivity index (χ3n) is 5.32. The fraction of sp³-hybridized carbons (Fsp3) is 0.444. The number of thioether (sulfide) groups is 1. The highest BCUT2D eigenvalue weighted by atomic mass is 35.5. The fourth-order valence-corrected chi connectivity index (χ4v) is 5.90. The summed E-state index contributed by atoms with van der Waals surface area (Å²) in [5, 5.41) is 14.0. The van der Waals surface area contributed by atoms with Crippen LogP contribution in [-0.4, -0.2) is 69.9 Å². The summed E-state index contributed by atoms with van der Waals surface area (Å²) < 4.78 is 5.40. The Hall–Kier alpha value is -2.14. The molecule has 154 valence electrons. The van der Waals surface area contributed by atoms with E-state index in [0.29, 0.717) is 17.1 Å². The zero-order valence-electron chi connectivity index (χ0n) is 15.7. The average Bonchev–Trinajstić information content (AvgIpc) is 2.82. The molecular formula is C18H19ClN4O5S. The van der Waals surface area contributed by atoms with Crippen molar-refractivity contribution in [2.24, 2.45) is 0 Å². The molecule has 1 aromatic rings. The number of hydrogen-bond acceptors (Lipinski definition) is 8. The first-order chi connectivity index (χ1) is 13.8. The van der Waals surface area contributed by atoms with E-state index in [0.717, 1.165) is 0 Å². The van der Waals surface area contributed by atoms with Crippen LogP contribution in [-0.2, 0) is 20.9 Å². The number of rotatable bonds is 5. The predicted molar refractivity (Wildman–Crippen MR) is 107 cm³/mol. The van der Waals surface area contributed by atoms with Crippen molar-refractivity contribution in [3.63, 3.8) is 0 Å². The zero-order valence-corrected chi connectivity index (χ0v) is 17.3. The summed E-state index contributed by atoms with van der Waals surface area (Å²) in [5.74, 6) is -0.865. The molecule has 2 fully saturated rings. The number of halogens is 1. The van der Waals surface area contributed by atoms with Gasteiger partial charge in [0.25, 0.3) is 5.69 Å². The summed E-state index contributed by atoms with van der Waals surface area (Å²) in [5.41, 5.74) is 0.654. The first-order valence-corrected chi connectivity index (χ1v) is 10.3. The van der Waals surface area contributed by atoms with Gasteiger partial charge in [-0.25, -0.2) is 4.79 Å². The molecule has 1 amide bonds. The van der Waals surface area contributed by atoms with Crippen LogP contribution in [0.15, 0.2) is 35.0 Å². The Kier molecular flexibility index (Phi) is 5.28. The number of fused-ring (bicyclic) bond motifs is 1. The average molecular weight is 439 g/mol. The smallest absolute Gasteiger partial charge is 0.356 e. The van der Waals surface area contributed by atoms with Crippen LogP contribution in [0, 0.1) is 10.1 Å². The summed E-state index contributed by atoms with van der Waals surface area (Å²) in [6, 6.07) is 5.42. The van der Waals surface area contributed by atoms with Crippen LogP contribution < -0.4 is 5.32 Å². The molecule has 0 saturated carbocycles. The number of nitrogens with one attached hydrogen (secondary N) is 1. The molecular weight excluding hydrogens is 420 g/mol. The van der Waals surface area contributed by atoms with Gasteiger partial charge in [-0.15, -0.1) is 11.8 Å². The minimum Gasteiger partial charge on any atom is -0.456 e. The number of nitro groups is 1. The van der Waals surface area contributed by atoms with E-state index in [1.165, 1.54) is 29.2 Å². The zero-order chi connectivity index (χ0) is 20.9. The quantitative estimate of drug-likeness (QED) is 0.317. The highest BCUT2D eigenvalue weighted by Crippen LogP contribution is 2.48. The summed E-state index contributed by atoms with van der Waals surface area (Å²) in [7, 11) is 3.87. The standard InChI is InChI=1S/C18H19ClN4O5S/c1-21(2)11-7-20-13-16(24)22-14(12(19)15(11)29-17(13)22)18(25)28-8-9-3-5-10(6-4-9)23(26)27/h3-6,11,13,15,17,20H,7-8H2,1-2H3/t11?,13-,15?,17-/m0/s1. The van der Waals surface area contributed by atoms with Crippen LogP contribution >= 0.6 is 23.4 Å². The Balaban J connectivity index is 1.55. The lowest BCUT2D eigenvalue weighted by Gasteiger charge is -2.49. The molecule has 3 aliphatic heterocycles. The molecule has 9 nitrogen and oxygen atoms in total. The maximum absolute atomic E-state index is 12.8. The number of β-lactam (4-membered cyclic amide) rings is 1. The number of hydrogen-bond donors (Lipinski definition) is 1. The largest absolute Gasteiger partial charge is 0.456 e. The number of carbonyl (C=O) groups is 2. The second kappa shape index (κ2) is 7.60. The van der Waals surface area contributed by atoms with E-state index in [4.69, 9.17) is 16.3 Å². The van der Waals surface area contributed by atoms with Crippen LogP contribution in [0.1, 0.15) is 5.56 Å². The van der Waals surface area contributed by atoms with Gasteiger partial charge in [0.05, 0.1) is 15.2 Å². The summed E-state index contributed by atoms with van der Waals surface area (Å²) >= 11 is 8.19. The second-order valence-electron chi connectivity index (χ2n) is 7.27. The molecule has 2 bridgehead atoms. The molecule has 2 unspecified atom stereocenters. The lowest BCUT2D eigenvalue weighted by Crippen LogP contribution is -2.69. The van der Waals surface area contributed by atoms with Gasteiger partial charge in [0, 0.05) is 24.7 Å². The molecule has 4 atom stereocenters. The SMILES string of the molecule is CN(C)C1CN[C@H]2C(=O)N3C(C(=O)OCc4ccc([N+](=O)[O-])cc4)=C(Cl)C1S[C@@H]23. The molecule has 3 aliphatic rings. The number of ether oxygens (including phenoxy) is 1. The third-order valence-corrected chi connectivity index (χ3v) is 7.46. The van der Waals surface area contributed by atoms with Crippen molar-refractivity contribution in [3.8, 4) is 0 Å². The van der Waals surface area contributed by atoms with Crippen LogP contribution in [0.25, 0.3) is 0 Å². The molecule has 11 heteroatoms. The molecule has 3 heterocycles. The van der Waals surface area contributed by atoms with Crippen LogP contribution in [0.3, 0.4) is 0 Å². The van der Waals surface area contributed by atoms with Gasteiger partial charge in [-0.05, 0) is 31.8 Å². The van der Waals surface area contributed by atoms with E-state index in [1.54, 1.807) is 11.8 Å². The van der Waals surface area contributed by atoms with Crippen LogP contribution in [0.5, 0.6) is 0 Å². The first-order valence-electron chi connectivity index (χ1n) is 8.98. The van der Waals surface area contributed by atoms with Gasteiger partial charge in [-0.2, -0.15) is 0 Å². The Labute approximate surface area is 176 Å². The van der Waals surface area contributed by atoms with E-state index >= 15 is 0 Å². The summed E-state index contributed by atoms with van der Waals surface area (Å²) in [4.78, 5) is 39.1. The van der Waals surface area contributed by atoms with E-state index in [2.05, 4.69) is 5.32 Å². The topological polar surface area (TPSA) is 105 Å². The number of non-ortho nitro benzene ring substituents is 1. The number of nitro benzene ring substituents is 1. The van der Waals surface area contributed by atoms with Gasteiger partial charge in [0.2, 0.25) is 5.91 Å². The predicted octanol–water partition coefficient (Wildman–Crippen LogP) is 1.27. The Morgan fingerprint density at radius 2 is 2.10 bits per heavy atom. The van der Waals surface area contributed by atoms with Crippen molar-refractivity contribution < 1.29 is 19.2 Å². The van der Waals surface area contributed by atoms with Gasteiger partial charge in [-0.1, -0.05) is 11.6 Å². The number of likely N-dealkylation sites (N-methyl/N-ethyl adjacent to an activating group) is 1. The van der Waals surface area contributed by atoms with Gasteiger partial charge in [0.15, 0.2) is 0 Å². The summed E-state index contributed by atoms with van der Waals surface area (Å²) in [6.07, 6.45) is 0. The molecule has 0 aliphatic carbocycles. The molecule has 0 spiro atoms. The molecule has 0 aromatic heterocycles. The molecule has 1 aromatic carbocycles. The molecule has 4 rings (SSSR count). The number of benzene rings is 1. The monoisotopic (exact) mass is 438 g/mol. The minimum atomic E-state index is -0.671. The second-order valence-corrected chi connectivity index (χ2v) is 8.94. The van der Waals surface area contributed by atoms with E-state index in [1.807, 2.05) is 19.0 Å². The van der Waals surface area contributed by atoms with Crippen molar-refractivity contribution >= 4 is 40.9 Å². The molecule has 1 N–H and O–H groups in total. The van der Waals surface area contributed by atoms with Crippen LogP contribution in [0.2, 0.25) is 0 Å². The lowest BCUT2D eigenvalue weighted by molar-refractivity contribution is -0.384. The van der Waals surface area contributed by atoms with Gasteiger partial charge in [0.1, 0.15) is 23.7 Å². The highest BCUT2D eigenvalue weighted by molar-refractivity contribution is 8.01. The van der Waals surface area contributed by atoms with Gasteiger partial charge >= 0.3 is 5.97 Å². The normalized spacial score (nSPS) is 28.1. The van der Waals surface area contributed by atoms with E-state index in [9.17, 15) is 19.7 Å². The Morgan fingerprint density at radius 1 is 1.41 bits per heavy atom. The van der Waals surface area contributed by atoms with Crippen LogP contribution in [0.4, 0.5) is 5.69 Å². The summed E-state index contributed by atoms with van der Waals surface area (Å²) in [6.45, 7) is 0.514. The first kappa shape index (κ1) is 20.1. The lowest BCUT2D eigenvalue weighted by atomic mass is 10.1. The molecule has 0 radical (unpaired) electrons. The molecule has 29 heavy (non-hydrogen) atoms. The Bertz CT molecular complexity index is 906. The van der Waals surface area contributed by atoms with E-state index < -0.39 is 10.9 Å². The van der Waals surface area contributed by atoms with Gasteiger partial charge in [-0.3, -0.25) is 19.8 Å². The minimum absolute atomic E-state index is 0.0190. The number of esters is 1. The van der Waals surface area contributed by atoms with Gasteiger partial charge < -0.3 is 15.0 Å². The molecule has 2 saturated heterocycles. The van der Waals surface area contributed by atoms with Crippen molar-refractivity contribution in [1.29, 1.82) is 0 Å². The van der Waals surface area contributed by atoms with E-state index in [-0.39, 0.29) is 46.6 Å². The number of nitrogens with zero attached hydrogens (tertiary/aromatic N) is 3. The Morgan fingerprint density at radius 3 is 2.72 bits per heavy atom. The van der Waals surface area contributed by atoms with Crippen molar-refractivity contribution in [1.82, 2.24) is 15.1 Å². The highest BCUT2D eigenvalue weighted by Gasteiger charge is 2.58. The number of amides is 1. The maximum Gasteiger partial charge on any atom is 0.356 e. The van der Waals surface area contributed by atoms with Crippen molar-refractivity contribution in [3.05, 3.63) is 50.7 Å². The third kappa shape index (κ3) is 3.39. The number of carbonyl (C=O) groups excluding carboxylic acids is 2. The maximum atomic E-state index is 12.8.